The lowest BCUT2D eigenvalue weighted by atomic mass is 10.1. The van der Waals surface area contributed by atoms with Crippen LogP contribution in [-0.4, -0.2) is 5.91 Å². The van der Waals surface area contributed by atoms with Gasteiger partial charge in [0.1, 0.15) is 0 Å². The van der Waals surface area contributed by atoms with Crippen molar-refractivity contribution in [2.24, 2.45) is 0 Å². The number of halogens is 3. The van der Waals surface area contributed by atoms with Crippen molar-refractivity contribution in [3.05, 3.63) is 67.2 Å². The molecule has 2 aromatic carbocycles. The van der Waals surface area contributed by atoms with Gasteiger partial charge in [0.25, 0.3) is 5.91 Å². The summed E-state index contributed by atoms with van der Waals surface area (Å²) in [6, 6.07) is 13.9. The molecule has 2 aromatic rings. The Bertz CT molecular complexity index is 614. The second kappa shape index (κ2) is 7.56. The maximum atomic E-state index is 12.2. The molecule has 0 heterocycles. The fourth-order valence-corrected chi connectivity index (χ4v) is 3.01. The number of benzene rings is 2. The van der Waals surface area contributed by atoms with Gasteiger partial charge in [-0.1, -0.05) is 56.1 Å². The first-order valence-electron chi connectivity index (χ1n) is 5.97. The van der Waals surface area contributed by atoms with Crippen LogP contribution in [0.3, 0.4) is 0 Å². The molecule has 2 nitrogen and oxygen atoms in total. The van der Waals surface area contributed by atoms with Crippen molar-refractivity contribution in [1.29, 1.82) is 0 Å². The largest absolute Gasteiger partial charge is 0.348 e. The third-order valence-corrected chi connectivity index (χ3v) is 4.88. The van der Waals surface area contributed by atoms with E-state index in [1.54, 1.807) is 0 Å². The highest BCUT2D eigenvalue weighted by Gasteiger charge is 2.10. The molecular weight excluding hydrogens is 497 g/mol. The first kappa shape index (κ1) is 16.0. The molecule has 5 heteroatoms. The molecule has 0 radical (unpaired) electrons. The lowest BCUT2D eigenvalue weighted by Crippen LogP contribution is -2.23. The first-order valence-corrected chi connectivity index (χ1v) is 8.96. The van der Waals surface area contributed by atoms with E-state index in [2.05, 4.69) is 71.9 Å². The van der Waals surface area contributed by atoms with Crippen molar-refractivity contribution in [1.82, 2.24) is 5.32 Å². The van der Waals surface area contributed by atoms with Gasteiger partial charge in [-0.3, -0.25) is 4.79 Å². The second-order valence-electron chi connectivity index (χ2n) is 4.26. The minimum atomic E-state index is -0.0553. The number of alkyl halides is 1. The zero-order valence-electron chi connectivity index (χ0n) is 10.5. The van der Waals surface area contributed by atoms with E-state index in [0.717, 1.165) is 18.9 Å². The lowest BCUT2D eigenvalue weighted by Gasteiger charge is -2.08. The highest BCUT2D eigenvalue weighted by atomic mass is 127. The molecule has 0 aliphatic heterocycles. The highest BCUT2D eigenvalue weighted by Crippen LogP contribution is 2.18. The summed E-state index contributed by atoms with van der Waals surface area (Å²) < 4.78 is 1.85. The molecule has 2 rings (SSSR count). The molecule has 0 spiro atoms. The van der Waals surface area contributed by atoms with Crippen molar-refractivity contribution >= 4 is 60.4 Å². The van der Waals surface area contributed by atoms with E-state index in [1.807, 2.05) is 30.3 Å². The topological polar surface area (TPSA) is 29.1 Å². The van der Waals surface area contributed by atoms with Gasteiger partial charge in [0.05, 0.1) is 5.56 Å². The molecule has 1 N–H and O–H groups in total. The number of hydrogen-bond acceptors (Lipinski definition) is 1. The van der Waals surface area contributed by atoms with Crippen molar-refractivity contribution in [2.45, 2.75) is 11.9 Å². The summed E-state index contributed by atoms with van der Waals surface area (Å²) in [6.07, 6.45) is 0. The maximum Gasteiger partial charge on any atom is 0.252 e. The van der Waals surface area contributed by atoms with Crippen LogP contribution in [0.5, 0.6) is 0 Å². The van der Waals surface area contributed by atoms with E-state index in [0.29, 0.717) is 12.1 Å². The Kier molecular flexibility index (Phi) is 6.04. The average Bonchev–Trinajstić information content (AvgIpc) is 2.47. The summed E-state index contributed by atoms with van der Waals surface area (Å²) in [5, 5.41) is 3.79. The summed E-state index contributed by atoms with van der Waals surface area (Å²) in [4.78, 5) is 12.2. The molecule has 0 aliphatic rings. The van der Waals surface area contributed by atoms with Gasteiger partial charge >= 0.3 is 0 Å². The van der Waals surface area contributed by atoms with Gasteiger partial charge in [0.2, 0.25) is 0 Å². The van der Waals surface area contributed by atoms with Gasteiger partial charge in [0.15, 0.2) is 0 Å². The third-order valence-electron chi connectivity index (χ3n) is 2.80. The Morgan fingerprint density at radius 1 is 1.10 bits per heavy atom. The number of nitrogens with one attached hydrogen (secondary N) is 1. The Balaban J connectivity index is 2.02. The minimum Gasteiger partial charge on any atom is -0.348 e. The monoisotopic (exact) mass is 507 g/mol. The molecule has 0 saturated heterocycles. The SMILES string of the molecule is O=C(NCc1ccc(CBr)cc1)c1cc(Br)ccc1I. The first-order chi connectivity index (χ1) is 9.60. The number of carbonyl (C=O) groups is 1. The molecule has 0 atom stereocenters. The predicted octanol–water partition coefficient (Wildman–Crippen LogP) is 4.88. The quantitative estimate of drug-likeness (QED) is 0.463. The van der Waals surface area contributed by atoms with Gasteiger partial charge in [-0.05, 0) is 51.9 Å². The van der Waals surface area contributed by atoms with E-state index >= 15 is 0 Å². The molecule has 0 bridgehead atoms. The molecular formula is C15H12Br2INO. The summed E-state index contributed by atoms with van der Waals surface area (Å²) >= 11 is 8.97. The minimum absolute atomic E-state index is 0.0553. The number of rotatable bonds is 4. The summed E-state index contributed by atoms with van der Waals surface area (Å²) in [6.45, 7) is 0.532. The van der Waals surface area contributed by atoms with Gasteiger partial charge in [-0.15, -0.1) is 0 Å². The van der Waals surface area contributed by atoms with Crippen molar-refractivity contribution in [3.8, 4) is 0 Å². The number of hydrogen-bond donors (Lipinski definition) is 1. The van der Waals surface area contributed by atoms with Crippen molar-refractivity contribution < 1.29 is 4.79 Å². The number of amides is 1. The predicted molar refractivity (Wildman–Crippen MR) is 97.1 cm³/mol. The van der Waals surface area contributed by atoms with Crippen LogP contribution >= 0.6 is 54.5 Å². The van der Waals surface area contributed by atoms with Gasteiger partial charge in [-0.2, -0.15) is 0 Å². The van der Waals surface area contributed by atoms with Crippen LogP contribution in [0.25, 0.3) is 0 Å². The smallest absolute Gasteiger partial charge is 0.252 e. The standard InChI is InChI=1S/C15H12Br2INO/c16-8-10-1-3-11(4-2-10)9-19-15(20)13-7-12(17)5-6-14(13)18/h1-7H,8-9H2,(H,19,20). The van der Waals surface area contributed by atoms with Crippen LogP contribution in [-0.2, 0) is 11.9 Å². The molecule has 104 valence electrons. The maximum absolute atomic E-state index is 12.2. The van der Waals surface area contributed by atoms with Gasteiger partial charge in [-0.25, -0.2) is 0 Å². The fraction of sp³-hybridized carbons (Fsp3) is 0.133. The normalized spacial score (nSPS) is 10.3. The van der Waals surface area contributed by atoms with Crippen LogP contribution in [0.4, 0.5) is 0 Å². The van der Waals surface area contributed by atoms with Crippen LogP contribution in [0.1, 0.15) is 21.5 Å². The van der Waals surface area contributed by atoms with Crippen LogP contribution < -0.4 is 5.32 Å². The molecule has 0 aliphatic carbocycles. The number of carbonyl (C=O) groups excluding carboxylic acids is 1. The fourth-order valence-electron chi connectivity index (χ4n) is 1.70. The van der Waals surface area contributed by atoms with Gasteiger partial charge in [0, 0.05) is 19.9 Å². The molecule has 0 unspecified atom stereocenters. The average molecular weight is 509 g/mol. The zero-order valence-corrected chi connectivity index (χ0v) is 15.8. The summed E-state index contributed by atoms with van der Waals surface area (Å²) in [5.41, 5.74) is 3.01. The van der Waals surface area contributed by atoms with E-state index < -0.39 is 0 Å². The zero-order chi connectivity index (χ0) is 14.5. The highest BCUT2D eigenvalue weighted by molar-refractivity contribution is 14.1. The van der Waals surface area contributed by atoms with Crippen molar-refractivity contribution in [2.75, 3.05) is 0 Å². The van der Waals surface area contributed by atoms with E-state index in [-0.39, 0.29) is 5.91 Å². The molecule has 0 fully saturated rings. The Labute approximate surface area is 148 Å². The second-order valence-corrected chi connectivity index (χ2v) is 6.90. The van der Waals surface area contributed by atoms with Crippen molar-refractivity contribution in [3.63, 3.8) is 0 Å². The van der Waals surface area contributed by atoms with E-state index in [9.17, 15) is 4.79 Å². The Morgan fingerprint density at radius 2 is 1.75 bits per heavy atom. The Hall–Kier alpha value is -0.400. The third kappa shape index (κ3) is 4.30. The summed E-state index contributed by atoms with van der Waals surface area (Å²) in [7, 11) is 0. The Morgan fingerprint density at radius 3 is 2.40 bits per heavy atom. The van der Waals surface area contributed by atoms with Crippen LogP contribution in [0.2, 0.25) is 0 Å². The van der Waals surface area contributed by atoms with Crippen LogP contribution in [0.15, 0.2) is 46.9 Å². The van der Waals surface area contributed by atoms with Gasteiger partial charge < -0.3 is 5.32 Å². The van der Waals surface area contributed by atoms with E-state index in [1.165, 1.54) is 5.56 Å². The van der Waals surface area contributed by atoms with Crippen LogP contribution in [0, 0.1) is 3.57 Å². The lowest BCUT2D eigenvalue weighted by molar-refractivity contribution is 0.0950. The molecule has 0 saturated carbocycles. The molecule has 20 heavy (non-hydrogen) atoms. The summed E-state index contributed by atoms with van der Waals surface area (Å²) in [5.74, 6) is -0.0553. The van der Waals surface area contributed by atoms with E-state index in [4.69, 9.17) is 0 Å². The molecule has 0 aromatic heterocycles. The molecule has 1 amide bonds.